The van der Waals surface area contributed by atoms with Gasteiger partial charge < -0.3 is 9.47 Å². The maximum Gasteiger partial charge on any atom is 0.240 e. The van der Waals surface area contributed by atoms with Crippen molar-refractivity contribution in [3.05, 3.63) is 23.8 Å². The van der Waals surface area contributed by atoms with Crippen molar-refractivity contribution < 1.29 is 19.1 Å². The molecule has 24 heavy (non-hydrogen) atoms. The Labute approximate surface area is 139 Å². The SMILES string of the molecule is COc1cc(N2C(=O)C3C(C2=O)C2(C)CCC3(C)O2)ccc1C#N. The van der Waals surface area contributed by atoms with Crippen molar-refractivity contribution >= 4 is 17.5 Å². The molecular weight excluding hydrogens is 308 g/mol. The van der Waals surface area contributed by atoms with E-state index in [4.69, 9.17) is 14.7 Å². The van der Waals surface area contributed by atoms with E-state index in [0.717, 1.165) is 12.8 Å². The zero-order valence-electron chi connectivity index (χ0n) is 13.8. The van der Waals surface area contributed by atoms with Crippen LogP contribution in [0.1, 0.15) is 32.3 Å². The zero-order chi connectivity index (χ0) is 17.3. The Kier molecular flexibility index (Phi) is 2.89. The van der Waals surface area contributed by atoms with Crippen molar-refractivity contribution in [3.8, 4) is 11.8 Å². The molecule has 3 fully saturated rings. The first kappa shape index (κ1) is 15.2. The Bertz CT molecular complexity index is 780. The Morgan fingerprint density at radius 1 is 1.21 bits per heavy atom. The standard InChI is InChI=1S/C18H18N2O4/c1-17-6-7-18(2,24-17)14-13(17)15(21)20(16(14)22)11-5-4-10(9-19)12(8-11)23-3/h4-5,8,13-14H,6-7H2,1-3H3. The average molecular weight is 326 g/mol. The summed E-state index contributed by atoms with van der Waals surface area (Å²) in [5, 5.41) is 9.09. The number of methoxy groups -OCH3 is 1. The summed E-state index contributed by atoms with van der Waals surface area (Å²) in [4.78, 5) is 27.3. The predicted octanol–water partition coefficient (Wildman–Crippen LogP) is 2.01. The number of nitriles is 1. The van der Waals surface area contributed by atoms with Gasteiger partial charge in [0, 0.05) is 6.07 Å². The fraction of sp³-hybridized carbons (Fsp3) is 0.500. The van der Waals surface area contributed by atoms with E-state index in [-0.39, 0.29) is 11.8 Å². The van der Waals surface area contributed by atoms with Crippen molar-refractivity contribution in [3.63, 3.8) is 0 Å². The van der Waals surface area contributed by atoms with Crippen LogP contribution < -0.4 is 9.64 Å². The number of nitrogens with zero attached hydrogens (tertiary/aromatic N) is 2. The minimum absolute atomic E-state index is 0.220. The number of amides is 2. The molecule has 4 rings (SSSR count). The van der Waals surface area contributed by atoms with E-state index >= 15 is 0 Å². The third-order valence-corrected chi connectivity index (χ3v) is 5.77. The van der Waals surface area contributed by atoms with Crippen LogP contribution in [0.5, 0.6) is 5.75 Å². The highest BCUT2D eigenvalue weighted by Crippen LogP contribution is 2.60. The minimum Gasteiger partial charge on any atom is -0.495 e. The van der Waals surface area contributed by atoms with Crippen molar-refractivity contribution in [1.29, 1.82) is 5.26 Å². The summed E-state index contributed by atoms with van der Waals surface area (Å²) in [6.07, 6.45) is 1.57. The van der Waals surface area contributed by atoms with Gasteiger partial charge in [-0.05, 0) is 38.8 Å². The second kappa shape index (κ2) is 4.58. The lowest BCUT2D eigenvalue weighted by molar-refractivity contribution is -0.129. The quantitative estimate of drug-likeness (QED) is 0.777. The predicted molar refractivity (Wildman–Crippen MR) is 84.3 cm³/mol. The fourth-order valence-corrected chi connectivity index (χ4v) is 4.63. The Morgan fingerprint density at radius 2 is 1.79 bits per heavy atom. The number of hydrogen-bond donors (Lipinski definition) is 0. The van der Waals surface area contributed by atoms with Crippen LogP contribution in [0.4, 0.5) is 5.69 Å². The number of anilines is 1. The minimum atomic E-state index is -0.572. The summed E-state index contributed by atoms with van der Waals surface area (Å²) in [5.41, 5.74) is -0.334. The molecule has 3 aliphatic heterocycles. The molecule has 2 amide bonds. The number of rotatable bonds is 2. The average Bonchev–Trinajstić information content (AvgIpc) is 3.11. The molecule has 3 saturated heterocycles. The molecule has 4 unspecified atom stereocenters. The van der Waals surface area contributed by atoms with Gasteiger partial charge in [0.1, 0.15) is 11.8 Å². The van der Waals surface area contributed by atoms with Gasteiger partial charge in [0.15, 0.2) is 0 Å². The highest BCUT2D eigenvalue weighted by molar-refractivity contribution is 6.23. The van der Waals surface area contributed by atoms with E-state index in [9.17, 15) is 9.59 Å². The molecule has 3 aliphatic rings. The van der Waals surface area contributed by atoms with Gasteiger partial charge in [-0.1, -0.05) is 0 Å². The van der Waals surface area contributed by atoms with Crippen LogP contribution in [-0.4, -0.2) is 30.1 Å². The summed E-state index contributed by atoms with van der Waals surface area (Å²) in [5.74, 6) is -0.967. The molecule has 0 saturated carbocycles. The Hall–Kier alpha value is -2.39. The van der Waals surface area contributed by atoms with Crippen LogP contribution in [0.25, 0.3) is 0 Å². The Balaban J connectivity index is 1.78. The van der Waals surface area contributed by atoms with E-state index in [2.05, 4.69) is 0 Å². The number of benzene rings is 1. The number of ether oxygens (including phenoxy) is 2. The number of hydrogen-bond acceptors (Lipinski definition) is 5. The molecule has 4 atom stereocenters. The normalized spacial score (nSPS) is 36.8. The molecule has 0 N–H and O–H groups in total. The van der Waals surface area contributed by atoms with Gasteiger partial charge in [0.2, 0.25) is 11.8 Å². The molecular formula is C18H18N2O4. The van der Waals surface area contributed by atoms with E-state index in [1.165, 1.54) is 12.0 Å². The molecule has 6 heteroatoms. The van der Waals surface area contributed by atoms with Crippen LogP contribution in [-0.2, 0) is 14.3 Å². The molecule has 0 radical (unpaired) electrons. The number of fused-ring (bicyclic) bond motifs is 5. The number of imide groups is 1. The number of carbonyl (C=O) groups excluding carboxylic acids is 2. The van der Waals surface area contributed by atoms with Crippen LogP contribution in [0.3, 0.4) is 0 Å². The topological polar surface area (TPSA) is 79.6 Å². The summed E-state index contributed by atoms with van der Waals surface area (Å²) >= 11 is 0. The maximum absolute atomic E-state index is 13.0. The third kappa shape index (κ3) is 1.68. The molecule has 0 spiro atoms. The van der Waals surface area contributed by atoms with Gasteiger partial charge in [0.05, 0.1) is 41.4 Å². The first-order valence-electron chi connectivity index (χ1n) is 8.01. The summed E-state index contributed by atoms with van der Waals surface area (Å²) in [6, 6.07) is 6.78. The van der Waals surface area contributed by atoms with Gasteiger partial charge in [-0.25, -0.2) is 4.90 Å². The van der Waals surface area contributed by atoms with E-state index in [1.54, 1.807) is 18.2 Å². The van der Waals surface area contributed by atoms with Crippen LogP contribution in [0.15, 0.2) is 18.2 Å². The molecule has 0 aromatic heterocycles. The van der Waals surface area contributed by atoms with Crippen molar-refractivity contribution in [2.45, 2.75) is 37.9 Å². The molecule has 124 valence electrons. The van der Waals surface area contributed by atoms with Crippen molar-refractivity contribution in [2.75, 3.05) is 12.0 Å². The lowest BCUT2D eigenvalue weighted by Crippen LogP contribution is -2.40. The summed E-state index contributed by atoms with van der Waals surface area (Å²) in [6.45, 7) is 3.86. The van der Waals surface area contributed by atoms with Gasteiger partial charge in [-0.2, -0.15) is 5.26 Å². The molecule has 1 aromatic carbocycles. The van der Waals surface area contributed by atoms with Crippen LogP contribution in [0, 0.1) is 23.2 Å². The second-order valence-corrected chi connectivity index (χ2v) is 7.19. The summed E-state index contributed by atoms with van der Waals surface area (Å²) in [7, 11) is 1.46. The van der Waals surface area contributed by atoms with Gasteiger partial charge >= 0.3 is 0 Å². The monoisotopic (exact) mass is 326 g/mol. The molecule has 3 heterocycles. The van der Waals surface area contributed by atoms with E-state index in [1.807, 2.05) is 19.9 Å². The highest BCUT2D eigenvalue weighted by Gasteiger charge is 2.72. The number of carbonyl (C=O) groups is 2. The van der Waals surface area contributed by atoms with Gasteiger partial charge in [-0.15, -0.1) is 0 Å². The molecule has 6 nitrogen and oxygen atoms in total. The molecule has 1 aromatic rings. The lowest BCUT2D eigenvalue weighted by Gasteiger charge is -2.27. The van der Waals surface area contributed by atoms with Crippen molar-refractivity contribution in [1.82, 2.24) is 0 Å². The maximum atomic E-state index is 13.0. The largest absolute Gasteiger partial charge is 0.495 e. The first-order chi connectivity index (χ1) is 11.3. The van der Waals surface area contributed by atoms with Gasteiger partial charge in [0.25, 0.3) is 0 Å². The lowest BCUT2D eigenvalue weighted by atomic mass is 9.69. The van der Waals surface area contributed by atoms with Crippen LogP contribution in [0.2, 0.25) is 0 Å². The first-order valence-corrected chi connectivity index (χ1v) is 8.01. The van der Waals surface area contributed by atoms with Crippen LogP contribution >= 0.6 is 0 Å². The molecule has 0 aliphatic carbocycles. The highest BCUT2D eigenvalue weighted by atomic mass is 16.5. The molecule has 2 bridgehead atoms. The zero-order valence-corrected chi connectivity index (χ0v) is 13.8. The fourth-order valence-electron chi connectivity index (χ4n) is 4.63. The summed E-state index contributed by atoms with van der Waals surface area (Å²) < 4.78 is 11.3. The second-order valence-electron chi connectivity index (χ2n) is 7.19. The Morgan fingerprint density at radius 3 is 2.29 bits per heavy atom. The van der Waals surface area contributed by atoms with E-state index in [0.29, 0.717) is 17.0 Å². The smallest absolute Gasteiger partial charge is 0.240 e. The van der Waals surface area contributed by atoms with E-state index < -0.39 is 23.0 Å². The third-order valence-electron chi connectivity index (χ3n) is 5.77. The van der Waals surface area contributed by atoms with Gasteiger partial charge in [-0.3, -0.25) is 9.59 Å². The van der Waals surface area contributed by atoms with Crippen molar-refractivity contribution in [2.24, 2.45) is 11.8 Å².